The fourth-order valence-corrected chi connectivity index (χ4v) is 23.0. The molecule has 121 heavy (non-hydrogen) atoms. The van der Waals surface area contributed by atoms with Gasteiger partial charge >= 0.3 is 48.0 Å². The minimum absolute atomic E-state index is 0.167. The molecule has 6 aliphatic carbocycles. The molecule has 2 unspecified atom stereocenters. The summed E-state index contributed by atoms with van der Waals surface area (Å²) < 4.78 is 77.0. The number of hydrogen-bond donors (Lipinski definition) is 6. The highest BCUT2D eigenvalue weighted by Gasteiger charge is 2.77. The summed E-state index contributed by atoms with van der Waals surface area (Å²) in [5, 5.41) is 61.0. The van der Waals surface area contributed by atoms with Gasteiger partial charge in [0, 0.05) is 69.0 Å². The number of amides is 2. The maximum atomic E-state index is 16.3. The van der Waals surface area contributed by atoms with Crippen LogP contribution < -0.4 is 10.6 Å². The van der Waals surface area contributed by atoms with Gasteiger partial charge in [-0.1, -0.05) is 191 Å². The Morgan fingerprint density at radius 2 is 0.777 bits per heavy atom. The molecule has 6 N–H and O–H groups in total. The van der Waals surface area contributed by atoms with E-state index in [1.807, 2.05) is 83.1 Å². The largest absolute Gasteiger partial charge is 0.455 e. The summed E-state index contributed by atoms with van der Waals surface area (Å²) >= 11 is 0. The zero-order chi connectivity index (χ0) is 88.6. The number of hydrogen-bond acceptors (Lipinski definition) is 24. The SMILES string of the molecule is CC1=C2[C@@H](C)[C@H](O)[C@@]3(C)C([C@H](OC(=O)c4ccccc4)[C@](O)(C[C@@H]1OC(=O)[C@H](OC(=O)[C@@H]1OC(C)(C)O[C@H]1C(=O)O[C@@H](C(=O)O[C@H]1C[C@@]4(O)[C@@H](OC(=O)c5ccccc5)C5[C@@](C)([C@@H](C)C[C@H]6OC[C@@]56C)[C@@H](O)[C@H](C)C(=C1C)C4(C)C)[C@@H](NC(=O)OC(C)(C)C)c1ccccc1)[C@@H](NC(=O)OC(C)(C)C)c1ccccc1)C2(C)C)[C@]1(C)CO[C@@H]1C[C@@H]3C. The van der Waals surface area contributed by atoms with Crippen LogP contribution in [-0.4, -0.2) is 183 Å². The number of benzene rings is 4. The molecule has 7 fully saturated rings. The van der Waals surface area contributed by atoms with Gasteiger partial charge < -0.3 is 87.9 Å². The molecule has 3 aliphatic heterocycles. The molecule has 9 aliphatic rings. The van der Waals surface area contributed by atoms with Crippen LogP contribution in [-0.2, 0) is 76.0 Å². The van der Waals surface area contributed by atoms with Crippen LogP contribution in [0.5, 0.6) is 0 Å². The second-order valence-corrected chi connectivity index (χ2v) is 40.2. The van der Waals surface area contributed by atoms with E-state index in [0.29, 0.717) is 35.1 Å². The van der Waals surface area contributed by atoms with Crippen LogP contribution in [0.2, 0.25) is 0 Å². The summed E-state index contributed by atoms with van der Waals surface area (Å²) in [6.07, 6.45) is -19.7. The number of rotatable bonds is 18. The molecule has 4 aromatic carbocycles. The number of aliphatic hydroxyl groups is 4. The lowest BCUT2D eigenvalue weighted by Gasteiger charge is -2.70. The zero-order valence-corrected chi connectivity index (χ0v) is 73.8. The van der Waals surface area contributed by atoms with Crippen LogP contribution in [0.4, 0.5) is 9.59 Å². The lowest BCUT2D eigenvalue weighted by atomic mass is 9.40. The fourth-order valence-electron chi connectivity index (χ4n) is 23.0. The average molecular weight is 1680 g/mol. The van der Waals surface area contributed by atoms with Gasteiger partial charge in [-0.3, -0.25) is 0 Å². The third kappa shape index (κ3) is 15.7. The van der Waals surface area contributed by atoms with E-state index in [9.17, 15) is 39.6 Å². The quantitative estimate of drug-likeness (QED) is 0.0306. The predicted octanol–water partition coefficient (Wildman–Crippen LogP) is 13.2. The minimum atomic E-state index is -2.28. The molecule has 0 spiro atoms. The Balaban J connectivity index is 0.890. The molecule has 658 valence electrons. The van der Waals surface area contributed by atoms with Crippen molar-refractivity contribution in [3.05, 3.63) is 166 Å². The van der Waals surface area contributed by atoms with E-state index < -0.39 is 218 Å². The van der Waals surface area contributed by atoms with E-state index in [1.54, 1.807) is 177 Å². The average Bonchev–Trinajstić information content (AvgIpc) is 0.968. The van der Waals surface area contributed by atoms with Gasteiger partial charge in [-0.25, -0.2) is 38.4 Å². The van der Waals surface area contributed by atoms with Crippen molar-refractivity contribution >= 4 is 48.0 Å². The highest BCUT2D eigenvalue weighted by molar-refractivity contribution is 5.92. The van der Waals surface area contributed by atoms with Crippen molar-refractivity contribution in [1.82, 2.24) is 10.6 Å². The third-order valence-corrected chi connectivity index (χ3v) is 29.5. The Labute approximate surface area is 709 Å². The minimum Gasteiger partial charge on any atom is -0.455 e. The Morgan fingerprint density at radius 1 is 0.463 bits per heavy atom. The van der Waals surface area contributed by atoms with Crippen molar-refractivity contribution in [3.8, 4) is 0 Å². The molecule has 0 aromatic heterocycles. The number of esters is 6. The van der Waals surface area contributed by atoms with Crippen molar-refractivity contribution in [1.29, 1.82) is 0 Å². The highest BCUT2D eigenvalue weighted by Crippen LogP contribution is 2.71. The Hall–Kier alpha value is -8.60. The van der Waals surface area contributed by atoms with Crippen LogP contribution in [0, 0.1) is 68.0 Å². The molecule has 13 rings (SSSR count). The zero-order valence-electron chi connectivity index (χ0n) is 73.8. The molecule has 26 atom stereocenters. The van der Waals surface area contributed by atoms with Crippen molar-refractivity contribution in [2.45, 2.75) is 292 Å². The van der Waals surface area contributed by atoms with Crippen molar-refractivity contribution < 1.29 is 116 Å². The van der Waals surface area contributed by atoms with Crippen LogP contribution in [0.25, 0.3) is 0 Å². The Bertz CT molecular complexity index is 4380. The molecule has 0 radical (unpaired) electrons. The maximum absolute atomic E-state index is 16.3. The Kier molecular flexibility index (Phi) is 24.0. The van der Waals surface area contributed by atoms with E-state index in [0.717, 1.165) is 0 Å². The topological polar surface area (TPSA) is 352 Å². The molecule has 3 heterocycles. The van der Waals surface area contributed by atoms with Gasteiger partial charge in [0.05, 0.1) is 48.8 Å². The van der Waals surface area contributed by atoms with Crippen LogP contribution in [0.1, 0.15) is 222 Å². The van der Waals surface area contributed by atoms with Gasteiger partial charge in [-0.05, 0) is 140 Å². The summed E-state index contributed by atoms with van der Waals surface area (Å²) in [6.45, 7) is 39.4. The summed E-state index contributed by atoms with van der Waals surface area (Å²) in [6, 6.07) is 29.2. The predicted molar refractivity (Wildman–Crippen MR) is 441 cm³/mol. The molecule has 4 saturated carbocycles. The fraction of sp³-hybridized carbons (Fsp3) is 0.621. The third-order valence-electron chi connectivity index (χ3n) is 29.5. The first-order chi connectivity index (χ1) is 56.3. The molecule has 26 heteroatoms. The van der Waals surface area contributed by atoms with Crippen molar-refractivity contribution in [2.75, 3.05) is 13.2 Å². The summed E-state index contributed by atoms with van der Waals surface area (Å²) in [5.41, 5.74) is -10.4. The van der Waals surface area contributed by atoms with Gasteiger partial charge in [-0.15, -0.1) is 0 Å². The lowest BCUT2D eigenvalue weighted by molar-refractivity contribution is -0.327. The number of alkyl carbamates (subject to hydrolysis) is 2. The molecule has 3 saturated heterocycles. The van der Waals surface area contributed by atoms with Gasteiger partial charge in [0.25, 0.3) is 0 Å². The number of ether oxygens (including phenoxy) is 12. The first-order valence-corrected chi connectivity index (χ1v) is 42.6. The van der Waals surface area contributed by atoms with Crippen LogP contribution in [0.3, 0.4) is 0 Å². The normalized spacial score (nSPS) is 36.5. The number of nitrogens with one attached hydrogen (secondary N) is 2. The van der Waals surface area contributed by atoms with E-state index in [4.69, 9.17) is 56.8 Å². The van der Waals surface area contributed by atoms with Gasteiger partial charge in [0.1, 0.15) is 58.9 Å². The molecule has 4 aromatic rings. The first-order valence-electron chi connectivity index (χ1n) is 42.6. The smallest absolute Gasteiger partial charge is 0.408 e. The molecular formula is C95H124N2O24. The van der Waals surface area contributed by atoms with Crippen LogP contribution in [0.15, 0.2) is 144 Å². The molecule has 2 amide bonds. The first kappa shape index (κ1) is 90.1. The van der Waals surface area contributed by atoms with E-state index in [2.05, 4.69) is 10.6 Å². The van der Waals surface area contributed by atoms with Gasteiger partial charge in [-0.2, -0.15) is 0 Å². The summed E-state index contributed by atoms with van der Waals surface area (Å²) in [4.78, 5) is 123. The van der Waals surface area contributed by atoms with Crippen molar-refractivity contribution in [3.63, 3.8) is 0 Å². The lowest BCUT2D eigenvalue weighted by Crippen LogP contribution is -2.76. The number of fused-ring (bicyclic) bond motifs is 10. The second-order valence-electron chi connectivity index (χ2n) is 40.2. The van der Waals surface area contributed by atoms with E-state index in [-0.39, 0.29) is 59.5 Å². The number of aliphatic hydroxyl groups excluding tert-OH is 2. The van der Waals surface area contributed by atoms with Gasteiger partial charge in [0.15, 0.2) is 18.0 Å². The molecular weight excluding hydrogens is 1550 g/mol. The monoisotopic (exact) mass is 1680 g/mol. The summed E-state index contributed by atoms with van der Waals surface area (Å²) in [5.74, 6) is -12.6. The number of carbonyl (C=O) groups is 8. The van der Waals surface area contributed by atoms with E-state index >= 15 is 19.2 Å². The van der Waals surface area contributed by atoms with E-state index in [1.165, 1.54) is 13.8 Å². The standard InChI is InChI=1S/C95H124N2O24/c1-49-43-61-90(19,47-110-61)71-75(116-77(100)57-39-31-25-32-40-57)94(108)45-59(51(3)63(87(94,13)14)53(5)73(98)92(49,71)21)112-79(102)67(65(55-35-27-23-28-36-55)96-83(106)120-85(7,8)9)114-81(104)69-70(119-89(17,18)118-69)82(105)115-68(66(56-37-29-24-30-38-56)97-84(107)121-86(10,11)12)80(103)113-60-46-95(109)76(117-78(101)58-41-33-26-34-42-58)72-91(20)48-111-62(91)44-50(2)93(72,22)74(99)54(6)64(52(60)4)88(95,15)16/h23-42,49-50,53-54,59-62,65-76,98-99,108-109H,43-48H2,1-22H3,(H,96,106)(H,97,107)/t49-,50-,53+,54+,59-,60-,61+,62+,65-,66-,67+,68+,69+,70+,71?,72?,73-,74-,75-,76-,90+,91+,92+,93+,94+,95+/m0/s1. The second kappa shape index (κ2) is 32.2. The van der Waals surface area contributed by atoms with Crippen molar-refractivity contribution in [2.24, 2.45) is 68.0 Å². The molecule has 4 bridgehead atoms. The highest BCUT2D eigenvalue weighted by atomic mass is 16.8. The maximum Gasteiger partial charge on any atom is 0.408 e. The molecule has 26 nitrogen and oxygen atoms in total. The number of carbonyl (C=O) groups excluding carboxylic acids is 8. The Morgan fingerprint density at radius 3 is 1.07 bits per heavy atom. The summed E-state index contributed by atoms with van der Waals surface area (Å²) in [7, 11) is 0. The van der Waals surface area contributed by atoms with Crippen LogP contribution >= 0.6 is 0 Å². The van der Waals surface area contributed by atoms with Gasteiger partial charge in [0.2, 0.25) is 12.2 Å².